The topological polar surface area (TPSA) is 88.0 Å². The van der Waals surface area contributed by atoms with Gasteiger partial charge in [0.2, 0.25) is 0 Å². The van der Waals surface area contributed by atoms with Crippen LogP contribution in [0.15, 0.2) is 54.9 Å². The second kappa shape index (κ2) is 8.02. The van der Waals surface area contributed by atoms with Gasteiger partial charge < -0.3 is 5.11 Å². The van der Waals surface area contributed by atoms with Crippen molar-refractivity contribution in [1.82, 2.24) is 15.0 Å². The maximum absolute atomic E-state index is 14.4. The van der Waals surface area contributed by atoms with Gasteiger partial charge in [-0.05, 0) is 36.8 Å². The second-order valence-electron chi connectivity index (χ2n) is 6.40. The third-order valence-electron chi connectivity index (χ3n) is 4.42. The van der Waals surface area contributed by atoms with Crippen molar-refractivity contribution < 1.29 is 14.3 Å². The number of halogens is 1. The van der Waals surface area contributed by atoms with Gasteiger partial charge in [0.05, 0.1) is 16.3 Å². The number of nitrogens with one attached hydrogen (secondary N) is 1. The summed E-state index contributed by atoms with van der Waals surface area (Å²) in [6, 6.07) is 12.0. The van der Waals surface area contributed by atoms with Gasteiger partial charge in [0, 0.05) is 23.5 Å². The molecule has 0 spiro atoms. The van der Waals surface area contributed by atoms with Crippen molar-refractivity contribution in [3.05, 3.63) is 71.9 Å². The number of benzene rings is 1. The summed E-state index contributed by atoms with van der Waals surface area (Å²) in [7, 11) is 0. The Morgan fingerprint density at radius 3 is 2.72 bits per heavy atom. The van der Waals surface area contributed by atoms with Gasteiger partial charge in [-0.1, -0.05) is 30.4 Å². The Kier molecular flexibility index (Phi) is 5.28. The van der Waals surface area contributed by atoms with Gasteiger partial charge in [0.25, 0.3) is 5.91 Å². The summed E-state index contributed by atoms with van der Waals surface area (Å²) in [6.45, 7) is 1.80. The minimum absolute atomic E-state index is 0.114. The Morgan fingerprint density at radius 2 is 2.03 bits per heavy atom. The van der Waals surface area contributed by atoms with E-state index < -0.39 is 17.8 Å². The number of para-hydroxylation sites is 1. The molecule has 6 nitrogen and oxygen atoms in total. The van der Waals surface area contributed by atoms with Crippen LogP contribution >= 0.6 is 11.3 Å². The Labute approximate surface area is 170 Å². The molecule has 0 unspecified atom stereocenters. The van der Waals surface area contributed by atoms with E-state index in [0.717, 1.165) is 10.2 Å². The number of aliphatic hydroxyl groups is 1. The molecule has 1 aromatic carbocycles. The lowest BCUT2D eigenvalue weighted by Crippen LogP contribution is -2.13. The summed E-state index contributed by atoms with van der Waals surface area (Å²) in [5.74, 6) is -0.950. The number of hydrogen-bond donors (Lipinski definition) is 2. The highest BCUT2D eigenvalue weighted by molar-refractivity contribution is 7.22. The molecule has 29 heavy (non-hydrogen) atoms. The molecule has 0 saturated carbocycles. The lowest BCUT2D eigenvalue weighted by atomic mass is 10.1. The third kappa shape index (κ3) is 3.98. The summed E-state index contributed by atoms with van der Waals surface area (Å²) >= 11 is 1.38. The van der Waals surface area contributed by atoms with Crippen molar-refractivity contribution in [1.29, 1.82) is 0 Å². The molecule has 1 atom stereocenters. The van der Waals surface area contributed by atoms with Crippen LogP contribution in [0.25, 0.3) is 21.5 Å². The molecule has 0 aliphatic heterocycles. The number of fused-ring (bicyclic) bond motifs is 1. The van der Waals surface area contributed by atoms with E-state index in [-0.39, 0.29) is 11.4 Å². The minimum atomic E-state index is -0.752. The average Bonchev–Trinajstić information content (AvgIpc) is 3.15. The number of anilines is 1. The van der Waals surface area contributed by atoms with E-state index >= 15 is 0 Å². The van der Waals surface area contributed by atoms with Gasteiger partial charge in [-0.25, -0.2) is 9.37 Å². The molecule has 3 aromatic heterocycles. The summed E-state index contributed by atoms with van der Waals surface area (Å²) in [6.07, 6.45) is 2.56. The fourth-order valence-electron chi connectivity index (χ4n) is 2.84. The number of aliphatic hydroxyl groups excluding tert-OH is 1. The summed E-state index contributed by atoms with van der Waals surface area (Å²) in [5, 5.41) is 13.0. The number of rotatable bonds is 5. The monoisotopic (exact) mass is 408 g/mol. The molecule has 0 bridgehead atoms. The zero-order chi connectivity index (χ0) is 20.4. The number of aromatic nitrogens is 3. The van der Waals surface area contributed by atoms with E-state index in [4.69, 9.17) is 0 Å². The molecule has 4 rings (SSSR count). The van der Waals surface area contributed by atoms with Crippen LogP contribution in [0.1, 0.15) is 35.5 Å². The number of thiazole rings is 1. The van der Waals surface area contributed by atoms with Gasteiger partial charge in [0.1, 0.15) is 17.2 Å². The molecular formula is C21H17FN4O2S. The highest BCUT2D eigenvalue weighted by atomic mass is 32.1. The second-order valence-corrected chi connectivity index (χ2v) is 7.43. The number of nitrogens with zero attached hydrogens (tertiary/aromatic N) is 3. The largest absolute Gasteiger partial charge is 0.388 e. The summed E-state index contributed by atoms with van der Waals surface area (Å²) in [5.41, 5.74) is 1.98. The fraction of sp³-hybridized carbons (Fsp3) is 0.143. The van der Waals surface area contributed by atoms with Crippen LogP contribution in [0.5, 0.6) is 0 Å². The maximum atomic E-state index is 14.4. The van der Waals surface area contributed by atoms with Gasteiger partial charge in [-0.3, -0.25) is 20.1 Å². The standard InChI is InChI=1S/C21H17FN4O2S/c1-2-17(27)13-9-14(22)19(24-11-13)12-7-8-16(23-10-12)20(28)26-21-25-15-5-3-4-6-18(15)29-21/h3-11,17,27H,2H2,1H3,(H,25,26,28)/t17-/m1/s1. The molecule has 0 radical (unpaired) electrons. The quantitative estimate of drug-likeness (QED) is 0.504. The third-order valence-corrected chi connectivity index (χ3v) is 5.37. The molecule has 2 N–H and O–H groups in total. The predicted octanol–water partition coefficient (Wildman–Crippen LogP) is 4.59. The van der Waals surface area contributed by atoms with Crippen LogP contribution in [0.3, 0.4) is 0 Å². The zero-order valence-electron chi connectivity index (χ0n) is 15.5. The van der Waals surface area contributed by atoms with E-state index in [9.17, 15) is 14.3 Å². The van der Waals surface area contributed by atoms with Crippen molar-refractivity contribution in [3.8, 4) is 11.3 Å². The summed E-state index contributed by atoms with van der Waals surface area (Å²) in [4.78, 5) is 25.0. The Balaban J connectivity index is 1.52. The van der Waals surface area contributed by atoms with Gasteiger partial charge >= 0.3 is 0 Å². The van der Waals surface area contributed by atoms with Gasteiger partial charge in [-0.2, -0.15) is 0 Å². The van der Waals surface area contributed by atoms with Crippen LogP contribution in [-0.4, -0.2) is 26.0 Å². The Bertz CT molecular complexity index is 1140. The molecular weight excluding hydrogens is 391 g/mol. The number of carbonyl (C=O) groups is 1. The molecule has 0 saturated heterocycles. The molecule has 1 amide bonds. The van der Waals surface area contributed by atoms with E-state index in [0.29, 0.717) is 22.7 Å². The maximum Gasteiger partial charge on any atom is 0.276 e. The first-order chi connectivity index (χ1) is 14.0. The average molecular weight is 408 g/mol. The lowest BCUT2D eigenvalue weighted by Gasteiger charge is -2.10. The van der Waals surface area contributed by atoms with Crippen LogP contribution < -0.4 is 5.32 Å². The van der Waals surface area contributed by atoms with E-state index in [2.05, 4.69) is 20.3 Å². The van der Waals surface area contributed by atoms with Crippen LogP contribution in [0, 0.1) is 5.82 Å². The Morgan fingerprint density at radius 1 is 1.21 bits per heavy atom. The van der Waals surface area contributed by atoms with E-state index in [1.54, 1.807) is 13.0 Å². The smallest absolute Gasteiger partial charge is 0.276 e. The molecule has 0 aliphatic rings. The van der Waals surface area contributed by atoms with Crippen molar-refractivity contribution in [3.63, 3.8) is 0 Å². The molecule has 4 aromatic rings. The number of hydrogen-bond acceptors (Lipinski definition) is 6. The molecule has 0 fully saturated rings. The fourth-order valence-corrected chi connectivity index (χ4v) is 3.70. The van der Waals surface area contributed by atoms with E-state index in [1.807, 2.05) is 24.3 Å². The molecule has 8 heteroatoms. The van der Waals surface area contributed by atoms with Crippen molar-refractivity contribution in [2.45, 2.75) is 19.4 Å². The molecule has 146 valence electrons. The first-order valence-corrected chi connectivity index (χ1v) is 9.83. The summed E-state index contributed by atoms with van der Waals surface area (Å²) < 4.78 is 15.4. The van der Waals surface area contributed by atoms with Crippen LogP contribution in [0.2, 0.25) is 0 Å². The number of pyridine rings is 2. The van der Waals surface area contributed by atoms with Crippen molar-refractivity contribution in [2.75, 3.05) is 5.32 Å². The first kappa shape index (κ1) is 19.1. The Hall–Kier alpha value is -3.23. The zero-order valence-corrected chi connectivity index (χ0v) is 16.3. The number of amides is 1. The lowest BCUT2D eigenvalue weighted by molar-refractivity contribution is 0.102. The first-order valence-electron chi connectivity index (χ1n) is 9.02. The molecule has 3 heterocycles. The molecule has 0 aliphatic carbocycles. The van der Waals surface area contributed by atoms with Gasteiger partial charge in [0.15, 0.2) is 5.13 Å². The highest BCUT2D eigenvalue weighted by Gasteiger charge is 2.15. The SMILES string of the molecule is CC[C@@H](O)c1cnc(-c2ccc(C(=O)Nc3nc4ccccc4s3)nc2)c(F)c1. The van der Waals surface area contributed by atoms with Crippen LogP contribution in [0.4, 0.5) is 9.52 Å². The van der Waals surface area contributed by atoms with Gasteiger partial charge in [-0.15, -0.1) is 0 Å². The van der Waals surface area contributed by atoms with Crippen molar-refractivity contribution >= 4 is 32.6 Å². The predicted molar refractivity (Wildman–Crippen MR) is 110 cm³/mol. The van der Waals surface area contributed by atoms with E-state index in [1.165, 1.54) is 35.9 Å². The normalized spacial score (nSPS) is 12.1. The van der Waals surface area contributed by atoms with Crippen molar-refractivity contribution in [2.24, 2.45) is 0 Å². The minimum Gasteiger partial charge on any atom is -0.388 e. The van der Waals surface area contributed by atoms with Crippen LogP contribution in [-0.2, 0) is 0 Å². The number of carbonyl (C=O) groups excluding carboxylic acids is 1. The highest BCUT2D eigenvalue weighted by Crippen LogP contribution is 2.26.